The van der Waals surface area contributed by atoms with Gasteiger partial charge in [-0.2, -0.15) is 5.10 Å². The molecular weight excluding hydrogens is 364 g/mol. The van der Waals surface area contributed by atoms with E-state index < -0.39 is 11.7 Å². The molecule has 1 aliphatic rings. The predicted octanol–water partition coefficient (Wildman–Crippen LogP) is 2.35. The maximum atomic E-state index is 12.2. The summed E-state index contributed by atoms with van der Waals surface area (Å²) in [6, 6.07) is 0. The zero-order valence-corrected chi connectivity index (χ0v) is 15.3. The molecule has 0 bridgehead atoms. The number of aromatic nitrogens is 2. The molecule has 1 aromatic rings. The smallest absolute Gasteiger partial charge is 0.407 e. The minimum Gasteiger partial charge on any atom is -0.444 e. The van der Waals surface area contributed by atoms with Gasteiger partial charge < -0.3 is 15.4 Å². The number of amides is 1. The molecule has 1 saturated carbocycles. The van der Waals surface area contributed by atoms with Crippen LogP contribution in [0.5, 0.6) is 0 Å². The summed E-state index contributed by atoms with van der Waals surface area (Å²) in [5.74, 6) is 0.587. The minimum atomic E-state index is -0.517. The third kappa shape index (κ3) is 5.85. The van der Waals surface area contributed by atoms with Gasteiger partial charge in [0.2, 0.25) is 0 Å². The Balaban J connectivity index is 1.80. The molecule has 0 spiro atoms. The Hall–Kier alpha value is -1.57. The monoisotopic (exact) mass is 386 g/mol. The van der Waals surface area contributed by atoms with Crippen LogP contribution < -0.4 is 16.2 Å². The first-order chi connectivity index (χ1) is 10.8. The van der Waals surface area contributed by atoms with Crippen LogP contribution >= 0.6 is 15.9 Å². The molecule has 0 unspecified atom stereocenters. The second-order valence-electron chi connectivity index (χ2n) is 6.66. The highest BCUT2D eigenvalue weighted by atomic mass is 79.9. The van der Waals surface area contributed by atoms with E-state index in [1.807, 2.05) is 20.8 Å². The number of ether oxygens (including phenoxy) is 1. The van der Waals surface area contributed by atoms with Gasteiger partial charge in [0.15, 0.2) is 0 Å². The molecule has 0 radical (unpaired) electrons. The highest BCUT2D eigenvalue weighted by Crippen LogP contribution is 2.30. The maximum Gasteiger partial charge on any atom is 0.407 e. The van der Waals surface area contributed by atoms with E-state index in [-0.39, 0.29) is 5.56 Å². The van der Waals surface area contributed by atoms with Crippen molar-refractivity contribution < 1.29 is 9.53 Å². The number of carbonyl (C=O) groups is 1. The first-order valence-corrected chi connectivity index (χ1v) is 8.52. The highest BCUT2D eigenvalue weighted by molar-refractivity contribution is 9.10. The minimum absolute atomic E-state index is 0.137. The fourth-order valence-electron chi connectivity index (χ4n) is 1.94. The second kappa shape index (κ2) is 7.33. The molecule has 1 amide bonds. The van der Waals surface area contributed by atoms with Crippen molar-refractivity contribution in [2.75, 3.05) is 18.4 Å². The van der Waals surface area contributed by atoms with E-state index in [4.69, 9.17) is 4.74 Å². The number of alkyl carbamates (subject to hydrolysis) is 1. The Morgan fingerprint density at radius 2 is 2.13 bits per heavy atom. The fraction of sp³-hybridized carbons (Fsp3) is 0.667. The van der Waals surface area contributed by atoms with Gasteiger partial charge in [-0.15, -0.1) is 0 Å². The lowest BCUT2D eigenvalue weighted by atomic mass is 10.2. The van der Waals surface area contributed by atoms with Crippen LogP contribution in [0.2, 0.25) is 0 Å². The second-order valence-corrected chi connectivity index (χ2v) is 7.45. The van der Waals surface area contributed by atoms with Crippen LogP contribution in [0, 0.1) is 5.92 Å². The Labute approximate surface area is 143 Å². The van der Waals surface area contributed by atoms with Gasteiger partial charge in [0, 0.05) is 19.6 Å². The SMILES string of the molecule is CC(C)(C)OC(=O)NCCNc1cnn(CC2CC2)c(=O)c1Br. The van der Waals surface area contributed by atoms with Crippen molar-refractivity contribution >= 4 is 27.7 Å². The van der Waals surface area contributed by atoms with E-state index in [2.05, 4.69) is 31.7 Å². The van der Waals surface area contributed by atoms with Crippen molar-refractivity contribution in [1.82, 2.24) is 15.1 Å². The molecule has 0 aromatic carbocycles. The number of halogens is 1. The van der Waals surface area contributed by atoms with E-state index in [9.17, 15) is 9.59 Å². The Kier molecular flexibility index (Phi) is 5.67. The van der Waals surface area contributed by atoms with Crippen LogP contribution in [0.25, 0.3) is 0 Å². The zero-order valence-electron chi connectivity index (χ0n) is 13.7. The lowest BCUT2D eigenvalue weighted by Crippen LogP contribution is -2.35. The van der Waals surface area contributed by atoms with Crippen LogP contribution in [0.3, 0.4) is 0 Å². The van der Waals surface area contributed by atoms with Crippen LogP contribution in [0.15, 0.2) is 15.5 Å². The number of rotatable bonds is 6. The van der Waals surface area contributed by atoms with Crippen molar-refractivity contribution in [1.29, 1.82) is 0 Å². The first-order valence-electron chi connectivity index (χ1n) is 7.72. The lowest BCUT2D eigenvalue weighted by Gasteiger charge is -2.19. The third-order valence-electron chi connectivity index (χ3n) is 3.22. The average molecular weight is 387 g/mol. The van der Waals surface area contributed by atoms with E-state index in [1.165, 1.54) is 17.5 Å². The standard InChI is InChI=1S/C15H23BrN4O3/c1-15(2,3)23-14(22)18-7-6-17-11-8-19-20(9-10-4-5-10)13(21)12(11)16/h8,10,17H,4-7,9H2,1-3H3,(H,18,22). The van der Waals surface area contributed by atoms with Crippen molar-refractivity contribution in [2.45, 2.75) is 45.8 Å². The van der Waals surface area contributed by atoms with Gasteiger partial charge in [0.05, 0.1) is 11.9 Å². The van der Waals surface area contributed by atoms with E-state index >= 15 is 0 Å². The summed E-state index contributed by atoms with van der Waals surface area (Å²) in [5.41, 5.74) is -0.0358. The third-order valence-corrected chi connectivity index (χ3v) is 3.99. The largest absolute Gasteiger partial charge is 0.444 e. The number of hydrogen-bond donors (Lipinski definition) is 2. The van der Waals surface area contributed by atoms with Crippen molar-refractivity contribution in [3.63, 3.8) is 0 Å². The Morgan fingerprint density at radius 1 is 1.43 bits per heavy atom. The zero-order chi connectivity index (χ0) is 17.0. The molecule has 23 heavy (non-hydrogen) atoms. The molecule has 1 fully saturated rings. The van der Waals surface area contributed by atoms with E-state index in [0.29, 0.717) is 35.7 Å². The summed E-state index contributed by atoms with van der Waals surface area (Å²) in [5, 5.41) is 9.90. The van der Waals surface area contributed by atoms with Gasteiger partial charge in [-0.1, -0.05) is 0 Å². The first kappa shape index (κ1) is 17.8. The fourth-order valence-corrected chi connectivity index (χ4v) is 2.39. The van der Waals surface area contributed by atoms with Crippen LogP contribution in [0.1, 0.15) is 33.6 Å². The van der Waals surface area contributed by atoms with Gasteiger partial charge in [-0.3, -0.25) is 4.79 Å². The highest BCUT2D eigenvalue weighted by Gasteiger charge is 2.23. The molecule has 0 atom stereocenters. The summed E-state index contributed by atoms with van der Waals surface area (Å²) in [4.78, 5) is 23.7. The van der Waals surface area contributed by atoms with Gasteiger partial charge in [0.25, 0.3) is 5.56 Å². The van der Waals surface area contributed by atoms with Crippen LogP contribution in [0.4, 0.5) is 10.5 Å². The van der Waals surface area contributed by atoms with E-state index in [1.54, 1.807) is 6.20 Å². The average Bonchev–Trinajstić information content (AvgIpc) is 3.24. The summed E-state index contributed by atoms with van der Waals surface area (Å²) >= 11 is 3.31. The van der Waals surface area contributed by atoms with Crippen LogP contribution in [-0.2, 0) is 11.3 Å². The number of nitrogens with zero attached hydrogens (tertiary/aromatic N) is 2. The topological polar surface area (TPSA) is 85.2 Å². The van der Waals surface area contributed by atoms with Crippen molar-refractivity contribution in [2.24, 2.45) is 5.92 Å². The maximum absolute atomic E-state index is 12.2. The number of nitrogens with one attached hydrogen (secondary N) is 2. The lowest BCUT2D eigenvalue weighted by molar-refractivity contribution is 0.0530. The molecule has 128 valence electrons. The van der Waals surface area contributed by atoms with Gasteiger partial charge in [-0.05, 0) is 55.5 Å². The summed E-state index contributed by atoms with van der Waals surface area (Å²) in [6.07, 6.45) is 3.50. The van der Waals surface area contributed by atoms with Crippen molar-refractivity contribution in [3.05, 3.63) is 21.0 Å². The van der Waals surface area contributed by atoms with Gasteiger partial charge >= 0.3 is 6.09 Å². The molecule has 2 N–H and O–H groups in total. The molecule has 1 aliphatic carbocycles. The molecule has 1 aromatic heterocycles. The van der Waals surface area contributed by atoms with Gasteiger partial charge in [-0.25, -0.2) is 9.48 Å². The van der Waals surface area contributed by atoms with Crippen molar-refractivity contribution in [3.8, 4) is 0 Å². The molecule has 1 heterocycles. The molecular formula is C15H23BrN4O3. The molecule has 8 heteroatoms. The Bertz CT molecular complexity index is 620. The quantitative estimate of drug-likeness (QED) is 0.732. The molecule has 0 saturated heterocycles. The summed E-state index contributed by atoms with van der Waals surface area (Å²) in [7, 11) is 0. The molecule has 0 aliphatic heterocycles. The molecule has 2 rings (SSSR count). The normalized spacial score (nSPS) is 14.4. The number of anilines is 1. The van der Waals surface area contributed by atoms with Crippen LogP contribution in [-0.4, -0.2) is 34.6 Å². The number of carbonyl (C=O) groups excluding carboxylic acids is 1. The van der Waals surface area contributed by atoms with Gasteiger partial charge in [0.1, 0.15) is 10.1 Å². The Morgan fingerprint density at radius 3 is 2.74 bits per heavy atom. The van der Waals surface area contributed by atoms with E-state index in [0.717, 1.165) is 0 Å². The summed E-state index contributed by atoms with van der Waals surface area (Å²) in [6.45, 7) is 6.95. The predicted molar refractivity (Wildman–Crippen MR) is 91.6 cm³/mol. The molecule has 7 nitrogen and oxygen atoms in total. The summed E-state index contributed by atoms with van der Waals surface area (Å²) < 4.78 is 7.09. The number of hydrogen-bond acceptors (Lipinski definition) is 5.